The van der Waals surface area contributed by atoms with Gasteiger partial charge in [0.1, 0.15) is 0 Å². The van der Waals surface area contributed by atoms with Crippen LogP contribution in [-0.2, 0) is 7.05 Å². The van der Waals surface area contributed by atoms with Crippen LogP contribution in [0.3, 0.4) is 0 Å². The van der Waals surface area contributed by atoms with E-state index >= 15 is 0 Å². The zero-order valence-corrected chi connectivity index (χ0v) is 7.96. The van der Waals surface area contributed by atoms with Crippen molar-refractivity contribution in [1.82, 2.24) is 9.78 Å². The monoisotopic (exact) mass is 166 g/mol. The summed E-state index contributed by atoms with van der Waals surface area (Å²) in [5.41, 5.74) is 1.74. The van der Waals surface area contributed by atoms with Crippen LogP contribution in [0.25, 0.3) is 0 Å². The summed E-state index contributed by atoms with van der Waals surface area (Å²) < 4.78 is 1.39. The molecule has 1 aromatic rings. The van der Waals surface area contributed by atoms with Gasteiger partial charge in [-0.15, -0.1) is 0 Å². The van der Waals surface area contributed by atoms with Gasteiger partial charge in [0.2, 0.25) is 0 Å². The third kappa shape index (κ3) is 1.55. The van der Waals surface area contributed by atoms with Gasteiger partial charge in [0.05, 0.1) is 5.69 Å². The molecule has 0 fully saturated rings. The van der Waals surface area contributed by atoms with E-state index < -0.39 is 0 Å². The summed E-state index contributed by atoms with van der Waals surface area (Å²) in [6.07, 6.45) is 0. The highest BCUT2D eigenvalue weighted by atomic mass is 16.1. The van der Waals surface area contributed by atoms with Crippen molar-refractivity contribution in [3.8, 4) is 0 Å². The zero-order chi connectivity index (χ0) is 9.30. The molecular weight excluding hydrogens is 152 g/mol. The fraction of sp³-hybridized carbons (Fsp3) is 0.556. The summed E-state index contributed by atoms with van der Waals surface area (Å²) in [5.74, 6) is 0.269. The molecule has 1 heterocycles. The first kappa shape index (κ1) is 8.97. The molecular formula is C9H14N2O. The van der Waals surface area contributed by atoms with E-state index in [0.717, 1.165) is 11.3 Å². The Balaban J connectivity index is 3.38. The molecule has 1 rings (SSSR count). The molecule has 0 unspecified atom stereocenters. The Bertz CT molecular complexity index is 339. The van der Waals surface area contributed by atoms with Crippen molar-refractivity contribution in [3.05, 3.63) is 27.7 Å². The Labute approximate surface area is 72.0 Å². The van der Waals surface area contributed by atoms with E-state index in [1.54, 1.807) is 7.05 Å². The van der Waals surface area contributed by atoms with Gasteiger partial charge >= 0.3 is 0 Å². The van der Waals surface area contributed by atoms with Gasteiger partial charge in [-0.05, 0) is 18.9 Å². The fourth-order valence-corrected chi connectivity index (χ4v) is 1.20. The standard InChI is InChI=1S/C9H14N2O/c1-6(2)8-5-7(3)10-11(4)9(8)12/h5-6H,1-4H3. The van der Waals surface area contributed by atoms with E-state index in [2.05, 4.69) is 5.10 Å². The minimum absolute atomic E-state index is 0.00981. The molecule has 0 aliphatic rings. The van der Waals surface area contributed by atoms with Crippen molar-refractivity contribution in [2.75, 3.05) is 0 Å². The molecule has 3 nitrogen and oxygen atoms in total. The van der Waals surface area contributed by atoms with Crippen LogP contribution in [0.2, 0.25) is 0 Å². The van der Waals surface area contributed by atoms with Gasteiger partial charge in [-0.3, -0.25) is 4.79 Å². The van der Waals surface area contributed by atoms with Crippen LogP contribution in [0.4, 0.5) is 0 Å². The van der Waals surface area contributed by atoms with E-state index in [1.165, 1.54) is 4.68 Å². The Morgan fingerprint density at radius 3 is 2.58 bits per heavy atom. The molecule has 0 aromatic carbocycles. The minimum atomic E-state index is 0.00981. The van der Waals surface area contributed by atoms with Crippen LogP contribution in [0.5, 0.6) is 0 Å². The highest BCUT2D eigenvalue weighted by Crippen LogP contribution is 2.08. The van der Waals surface area contributed by atoms with Crippen LogP contribution in [0, 0.1) is 6.92 Å². The average Bonchev–Trinajstić information content (AvgIpc) is 1.96. The molecule has 0 radical (unpaired) electrons. The van der Waals surface area contributed by atoms with Crippen LogP contribution < -0.4 is 5.56 Å². The first-order chi connectivity index (χ1) is 5.52. The molecule has 3 heteroatoms. The summed E-state index contributed by atoms with van der Waals surface area (Å²) in [4.78, 5) is 11.5. The fourth-order valence-electron chi connectivity index (χ4n) is 1.20. The van der Waals surface area contributed by atoms with E-state index in [0.29, 0.717) is 0 Å². The molecule has 0 aliphatic heterocycles. The van der Waals surface area contributed by atoms with E-state index in [1.807, 2.05) is 26.8 Å². The summed E-state index contributed by atoms with van der Waals surface area (Å²) in [6, 6.07) is 1.85. The molecule has 0 bridgehead atoms. The second-order valence-electron chi connectivity index (χ2n) is 3.32. The Morgan fingerprint density at radius 2 is 2.08 bits per heavy atom. The topological polar surface area (TPSA) is 34.9 Å². The molecule has 0 saturated carbocycles. The summed E-state index contributed by atoms with van der Waals surface area (Å²) >= 11 is 0. The maximum absolute atomic E-state index is 11.5. The van der Waals surface area contributed by atoms with Crippen molar-refractivity contribution < 1.29 is 0 Å². The lowest BCUT2D eigenvalue weighted by Gasteiger charge is -2.06. The molecule has 66 valence electrons. The molecule has 12 heavy (non-hydrogen) atoms. The highest BCUT2D eigenvalue weighted by Gasteiger charge is 2.06. The Morgan fingerprint density at radius 1 is 1.50 bits per heavy atom. The maximum atomic E-state index is 11.5. The SMILES string of the molecule is Cc1cc(C(C)C)c(=O)n(C)n1. The van der Waals surface area contributed by atoms with Crippen LogP contribution in [0.15, 0.2) is 10.9 Å². The molecule has 0 atom stereocenters. The van der Waals surface area contributed by atoms with Crippen LogP contribution in [0.1, 0.15) is 31.0 Å². The molecule has 0 N–H and O–H groups in total. The van der Waals surface area contributed by atoms with Crippen molar-refractivity contribution in [3.63, 3.8) is 0 Å². The van der Waals surface area contributed by atoms with Gasteiger partial charge in [-0.1, -0.05) is 13.8 Å². The number of aromatic nitrogens is 2. The Hall–Kier alpha value is -1.12. The maximum Gasteiger partial charge on any atom is 0.269 e. The smallest absolute Gasteiger partial charge is 0.268 e. The van der Waals surface area contributed by atoms with E-state index in [4.69, 9.17) is 0 Å². The lowest BCUT2D eigenvalue weighted by atomic mass is 10.1. The van der Waals surface area contributed by atoms with Gasteiger partial charge in [-0.2, -0.15) is 5.10 Å². The summed E-state index contributed by atoms with van der Waals surface area (Å²) in [5, 5.41) is 4.02. The Kier molecular flexibility index (Phi) is 2.31. The van der Waals surface area contributed by atoms with Gasteiger partial charge in [0.15, 0.2) is 0 Å². The second-order valence-corrected chi connectivity index (χ2v) is 3.32. The lowest BCUT2D eigenvalue weighted by Crippen LogP contribution is -2.24. The lowest BCUT2D eigenvalue weighted by molar-refractivity contribution is 0.665. The van der Waals surface area contributed by atoms with Crippen molar-refractivity contribution in [2.45, 2.75) is 26.7 Å². The van der Waals surface area contributed by atoms with Gasteiger partial charge in [0.25, 0.3) is 5.56 Å². The summed E-state index contributed by atoms with van der Waals surface area (Å²) in [6.45, 7) is 5.91. The average molecular weight is 166 g/mol. The number of hydrogen-bond acceptors (Lipinski definition) is 2. The molecule has 0 saturated heterocycles. The van der Waals surface area contributed by atoms with Crippen molar-refractivity contribution >= 4 is 0 Å². The predicted molar refractivity (Wildman–Crippen MR) is 48.3 cm³/mol. The molecule has 0 amide bonds. The number of hydrogen-bond donors (Lipinski definition) is 0. The largest absolute Gasteiger partial charge is 0.269 e. The second kappa shape index (κ2) is 3.09. The van der Waals surface area contributed by atoms with Crippen molar-refractivity contribution in [1.29, 1.82) is 0 Å². The van der Waals surface area contributed by atoms with Crippen molar-refractivity contribution in [2.24, 2.45) is 7.05 Å². The third-order valence-electron chi connectivity index (χ3n) is 1.83. The van der Waals surface area contributed by atoms with Gasteiger partial charge in [-0.25, -0.2) is 4.68 Å². The number of rotatable bonds is 1. The predicted octanol–water partition coefficient (Wildman–Crippen LogP) is 1.21. The third-order valence-corrected chi connectivity index (χ3v) is 1.83. The van der Waals surface area contributed by atoms with Crippen LogP contribution >= 0.6 is 0 Å². The van der Waals surface area contributed by atoms with Gasteiger partial charge in [0, 0.05) is 12.6 Å². The normalized spacial score (nSPS) is 10.8. The number of nitrogens with zero attached hydrogens (tertiary/aromatic N) is 2. The first-order valence-corrected chi connectivity index (χ1v) is 4.07. The van der Waals surface area contributed by atoms with Crippen LogP contribution in [-0.4, -0.2) is 9.78 Å². The number of aryl methyl sites for hydroxylation is 2. The zero-order valence-electron chi connectivity index (χ0n) is 7.96. The quantitative estimate of drug-likeness (QED) is 0.628. The minimum Gasteiger partial charge on any atom is -0.268 e. The van der Waals surface area contributed by atoms with Gasteiger partial charge < -0.3 is 0 Å². The summed E-state index contributed by atoms with van der Waals surface area (Å²) in [7, 11) is 1.68. The highest BCUT2D eigenvalue weighted by molar-refractivity contribution is 5.15. The molecule has 0 aliphatic carbocycles. The van der Waals surface area contributed by atoms with E-state index in [-0.39, 0.29) is 11.5 Å². The first-order valence-electron chi connectivity index (χ1n) is 4.07. The van der Waals surface area contributed by atoms with E-state index in [9.17, 15) is 4.79 Å². The molecule has 0 spiro atoms. The molecule has 1 aromatic heterocycles.